The number of hydrogen-bond donors (Lipinski definition) is 4. The number of carbonyl (C=O) groups excluding carboxylic acids is 2. The highest BCUT2D eigenvalue weighted by Gasteiger charge is 2.48. The summed E-state index contributed by atoms with van der Waals surface area (Å²) in [6, 6.07) is 0.467. The number of epoxide rings is 1. The van der Waals surface area contributed by atoms with Crippen molar-refractivity contribution in [1.82, 2.24) is 9.80 Å². The fourth-order valence-corrected chi connectivity index (χ4v) is 7.18. The molecule has 284 valence electrons. The molecule has 12 nitrogen and oxygen atoms in total. The van der Waals surface area contributed by atoms with Crippen LogP contribution in [-0.4, -0.2) is 136 Å². The summed E-state index contributed by atoms with van der Waals surface area (Å²) in [5.74, 6) is -0.863. The van der Waals surface area contributed by atoms with Crippen molar-refractivity contribution >= 4 is 12.1 Å². The Labute approximate surface area is 298 Å². The van der Waals surface area contributed by atoms with Crippen LogP contribution >= 0.6 is 0 Å². The van der Waals surface area contributed by atoms with E-state index < -0.39 is 47.7 Å². The topological polar surface area (TPSA) is 162 Å². The summed E-state index contributed by atoms with van der Waals surface area (Å²) in [7, 11) is 0. The number of aliphatic hydroxyl groups excluding tert-OH is 2. The van der Waals surface area contributed by atoms with Crippen LogP contribution in [-0.2, 0) is 23.7 Å². The second-order valence-electron chi connectivity index (χ2n) is 15.7. The standard InChI is InChI=1S/C38H62N2O10/c1-25(2)34(43)27(4)35-31(49-35)24-37(5,45)15-8-7-9-30-26(3)10-11-32(38(6,46)16-12-29(41)23-33(42)48-30)50-36(44)40-19-17-39(18-20-40)28-13-21-47-22-14-28/h7-11,15,25-32,34-35,41,43,45-46H,12-14,16-24H2,1-6H3/b9-7+,11-10+,15-8+. The van der Waals surface area contributed by atoms with Crippen LogP contribution in [0, 0.1) is 17.8 Å². The molecule has 10 atom stereocenters. The molecule has 3 saturated heterocycles. The van der Waals surface area contributed by atoms with E-state index in [0.29, 0.717) is 25.6 Å². The van der Waals surface area contributed by atoms with E-state index in [1.807, 2.05) is 27.7 Å². The van der Waals surface area contributed by atoms with E-state index in [1.54, 1.807) is 55.2 Å². The monoisotopic (exact) mass is 706 g/mol. The smallest absolute Gasteiger partial charge is 0.410 e. The Morgan fingerprint density at radius 3 is 2.46 bits per heavy atom. The third kappa shape index (κ3) is 11.9. The van der Waals surface area contributed by atoms with Gasteiger partial charge in [0.25, 0.3) is 0 Å². The first kappa shape index (κ1) is 40.5. The minimum absolute atomic E-state index is 0.0340. The van der Waals surface area contributed by atoms with Gasteiger partial charge < -0.3 is 44.3 Å². The summed E-state index contributed by atoms with van der Waals surface area (Å²) in [5.41, 5.74) is -2.65. The van der Waals surface area contributed by atoms with Gasteiger partial charge in [-0.05, 0) is 57.6 Å². The van der Waals surface area contributed by atoms with Crippen molar-refractivity contribution in [2.75, 3.05) is 39.4 Å². The molecular formula is C38H62N2O10. The third-order valence-electron chi connectivity index (χ3n) is 10.7. The first-order valence-electron chi connectivity index (χ1n) is 18.5. The number of rotatable bonds is 10. The number of hydrogen-bond acceptors (Lipinski definition) is 11. The molecule has 0 aromatic rings. The molecule has 0 aliphatic carbocycles. The van der Waals surface area contributed by atoms with Crippen LogP contribution < -0.4 is 0 Å². The molecule has 4 aliphatic heterocycles. The number of carbonyl (C=O) groups is 2. The zero-order valence-electron chi connectivity index (χ0n) is 30.9. The average Bonchev–Trinajstić information content (AvgIpc) is 3.84. The molecular weight excluding hydrogens is 644 g/mol. The van der Waals surface area contributed by atoms with E-state index in [1.165, 1.54) is 0 Å². The van der Waals surface area contributed by atoms with Gasteiger partial charge in [0.05, 0.1) is 36.4 Å². The minimum atomic E-state index is -1.49. The fraction of sp³-hybridized carbons (Fsp3) is 0.789. The summed E-state index contributed by atoms with van der Waals surface area (Å²) in [4.78, 5) is 30.2. The molecule has 0 aromatic carbocycles. The molecule has 0 saturated carbocycles. The molecule has 0 radical (unpaired) electrons. The zero-order chi connectivity index (χ0) is 36.6. The zero-order valence-corrected chi connectivity index (χ0v) is 30.9. The van der Waals surface area contributed by atoms with E-state index in [9.17, 15) is 30.0 Å². The second kappa shape index (κ2) is 17.9. The largest absolute Gasteiger partial charge is 0.457 e. The van der Waals surface area contributed by atoms with Gasteiger partial charge in [0.2, 0.25) is 0 Å². The molecule has 0 bridgehead atoms. The average molecular weight is 707 g/mol. The van der Waals surface area contributed by atoms with Crippen LogP contribution in [0.4, 0.5) is 4.79 Å². The lowest BCUT2D eigenvalue weighted by Gasteiger charge is -2.41. The maximum Gasteiger partial charge on any atom is 0.410 e. The van der Waals surface area contributed by atoms with E-state index in [-0.39, 0.29) is 49.2 Å². The highest BCUT2D eigenvalue weighted by molar-refractivity contribution is 5.70. The fourth-order valence-electron chi connectivity index (χ4n) is 7.18. The SMILES string of the molecule is CC(C)C(O)C(C)C1OC1CC(C)(O)/C=C/C=C/C1OC(=O)CC(O)CCC(C)(O)C(OC(=O)N2CCN(C3CCOCC3)CC2)/C=C/C1C. The summed E-state index contributed by atoms with van der Waals surface area (Å²) in [6.45, 7) is 15.1. The molecule has 4 heterocycles. The van der Waals surface area contributed by atoms with Gasteiger partial charge in [-0.2, -0.15) is 0 Å². The number of aliphatic hydroxyl groups is 4. The predicted octanol–water partition coefficient (Wildman–Crippen LogP) is 3.36. The number of piperazine rings is 1. The highest BCUT2D eigenvalue weighted by atomic mass is 16.6. The summed E-state index contributed by atoms with van der Waals surface area (Å²) < 4.78 is 23.0. The number of cyclic esters (lactones) is 1. The van der Waals surface area contributed by atoms with Gasteiger partial charge in [0.1, 0.15) is 11.7 Å². The van der Waals surface area contributed by atoms with E-state index in [2.05, 4.69) is 4.90 Å². The summed E-state index contributed by atoms with van der Waals surface area (Å²) in [6.07, 6.45) is 8.51. The van der Waals surface area contributed by atoms with Crippen molar-refractivity contribution in [3.05, 3.63) is 36.5 Å². The van der Waals surface area contributed by atoms with Crippen LogP contribution in [0.1, 0.15) is 80.1 Å². The van der Waals surface area contributed by atoms with Crippen molar-refractivity contribution < 1.29 is 49.0 Å². The van der Waals surface area contributed by atoms with Crippen LogP contribution in [0.2, 0.25) is 0 Å². The Morgan fingerprint density at radius 2 is 1.80 bits per heavy atom. The maximum atomic E-state index is 13.3. The maximum absolute atomic E-state index is 13.3. The van der Waals surface area contributed by atoms with Crippen molar-refractivity contribution in [1.29, 1.82) is 0 Å². The molecule has 1 amide bonds. The Balaban J connectivity index is 1.38. The summed E-state index contributed by atoms with van der Waals surface area (Å²) >= 11 is 0. The molecule has 4 aliphatic rings. The van der Waals surface area contributed by atoms with Gasteiger partial charge in [0, 0.05) is 63.7 Å². The van der Waals surface area contributed by atoms with Crippen LogP contribution in [0.15, 0.2) is 36.5 Å². The number of allylic oxidation sites excluding steroid dienone is 2. The van der Waals surface area contributed by atoms with Crippen molar-refractivity contribution in [2.24, 2.45) is 17.8 Å². The highest BCUT2D eigenvalue weighted by Crippen LogP contribution is 2.38. The van der Waals surface area contributed by atoms with E-state index in [0.717, 1.165) is 39.1 Å². The van der Waals surface area contributed by atoms with Crippen molar-refractivity contribution in [3.63, 3.8) is 0 Å². The molecule has 4 N–H and O–H groups in total. The lowest BCUT2D eigenvalue weighted by molar-refractivity contribution is -0.151. The van der Waals surface area contributed by atoms with Gasteiger partial charge in [0.15, 0.2) is 6.10 Å². The first-order chi connectivity index (χ1) is 23.6. The Kier molecular flexibility index (Phi) is 14.5. The lowest BCUT2D eigenvalue weighted by atomic mass is 9.88. The first-order valence-corrected chi connectivity index (χ1v) is 18.5. The van der Waals surface area contributed by atoms with Gasteiger partial charge in [-0.25, -0.2) is 4.79 Å². The normalized spacial score (nSPS) is 35.6. The quantitative estimate of drug-likeness (QED) is 0.114. The van der Waals surface area contributed by atoms with Gasteiger partial charge in [-0.3, -0.25) is 9.69 Å². The molecule has 50 heavy (non-hydrogen) atoms. The van der Waals surface area contributed by atoms with E-state index in [4.69, 9.17) is 18.9 Å². The number of esters is 1. The molecule has 3 fully saturated rings. The van der Waals surface area contributed by atoms with Crippen molar-refractivity contribution in [2.45, 2.75) is 134 Å². The van der Waals surface area contributed by atoms with Gasteiger partial charge in [-0.1, -0.05) is 52.0 Å². The molecule has 10 unspecified atom stereocenters. The second-order valence-corrected chi connectivity index (χ2v) is 15.7. The minimum Gasteiger partial charge on any atom is -0.457 e. The third-order valence-corrected chi connectivity index (χ3v) is 10.7. The van der Waals surface area contributed by atoms with Crippen LogP contribution in [0.3, 0.4) is 0 Å². The summed E-state index contributed by atoms with van der Waals surface area (Å²) in [5, 5.41) is 43.5. The van der Waals surface area contributed by atoms with Crippen LogP contribution in [0.25, 0.3) is 0 Å². The molecule has 12 heteroatoms. The molecule has 0 spiro atoms. The predicted molar refractivity (Wildman–Crippen MR) is 188 cm³/mol. The molecule has 4 rings (SSSR count). The Morgan fingerprint density at radius 1 is 1.12 bits per heavy atom. The number of amides is 1. The van der Waals surface area contributed by atoms with Crippen LogP contribution in [0.5, 0.6) is 0 Å². The number of ether oxygens (including phenoxy) is 4. The Hall–Kier alpha value is -2.32. The van der Waals surface area contributed by atoms with Gasteiger partial charge >= 0.3 is 12.1 Å². The van der Waals surface area contributed by atoms with Gasteiger partial charge in [-0.15, -0.1) is 0 Å². The lowest BCUT2D eigenvalue weighted by Crippen LogP contribution is -2.54. The van der Waals surface area contributed by atoms with E-state index >= 15 is 0 Å². The van der Waals surface area contributed by atoms with Crippen molar-refractivity contribution in [3.8, 4) is 0 Å². The molecule has 0 aromatic heterocycles. The number of nitrogens with zero attached hydrogens (tertiary/aromatic N) is 2. The Bertz CT molecular complexity index is 1190.